The van der Waals surface area contributed by atoms with Gasteiger partial charge in [-0.15, -0.1) is 0 Å². The number of nitrogens with one attached hydrogen (secondary N) is 1. The van der Waals surface area contributed by atoms with E-state index in [0.717, 1.165) is 5.56 Å². The van der Waals surface area contributed by atoms with Crippen LogP contribution in [0.3, 0.4) is 0 Å². The highest BCUT2D eigenvalue weighted by molar-refractivity contribution is 7.80. The number of aryl methyl sites for hydroxylation is 1. The van der Waals surface area contributed by atoms with E-state index >= 15 is 0 Å². The molecule has 0 atom stereocenters. The molecule has 0 aliphatic carbocycles. The zero-order valence-electron chi connectivity index (χ0n) is 10.9. The van der Waals surface area contributed by atoms with E-state index in [-0.39, 0.29) is 16.3 Å². The summed E-state index contributed by atoms with van der Waals surface area (Å²) in [5, 5.41) is 12.5. The number of phenolic OH excluding ortho intramolecular Hbond substituents is 1. The maximum atomic E-state index is 12.2. The number of para-hydroxylation sites is 1. The van der Waals surface area contributed by atoms with E-state index < -0.39 is 5.91 Å². The van der Waals surface area contributed by atoms with E-state index in [1.54, 1.807) is 36.4 Å². The molecule has 0 radical (unpaired) electrons. The molecule has 0 fully saturated rings. The number of carbonyl (C=O) groups excluding carboxylic acids is 1. The van der Waals surface area contributed by atoms with Gasteiger partial charge in [0.25, 0.3) is 5.91 Å². The van der Waals surface area contributed by atoms with Crippen molar-refractivity contribution in [2.24, 2.45) is 5.73 Å². The SMILES string of the molecule is Cc1ccc(O)c(C(=O)Nc2ccccc2C(N)=S)c1. The van der Waals surface area contributed by atoms with E-state index in [4.69, 9.17) is 18.0 Å². The van der Waals surface area contributed by atoms with E-state index in [9.17, 15) is 9.90 Å². The summed E-state index contributed by atoms with van der Waals surface area (Å²) >= 11 is 4.94. The molecule has 0 spiro atoms. The minimum Gasteiger partial charge on any atom is -0.507 e. The van der Waals surface area contributed by atoms with Gasteiger partial charge in [0.05, 0.1) is 11.3 Å². The lowest BCUT2D eigenvalue weighted by atomic mass is 10.1. The Hall–Kier alpha value is -2.40. The fourth-order valence-corrected chi connectivity index (χ4v) is 2.01. The fraction of sp³-hybridized carbons (Fsp3) is 0.0667. The molecule has 4 nitrogen and oxygen atoms in total. The Labute approximate surface area is 122 Å². The predicted octanol–water partition coefficient (Wildman–Crippen LogP) is 2.59. The first-order valence-corrected chi connectivity index (χ1v) is 6.39. The second-order valence-corrected chi connectivity index (χ2v) is 4.82. The number of amides is 1. The summed E-state index contributed by atoms with van der Waals surface area (Å²) in [6.07, 6.45) is 0. The zero-order valence-corrected chi connectivity index (χ0v) is 11.7. The van der Waals surface area contributed by atoms with Gasteiger partial charge in [-0.05, 0) is 31.2 Å². The van der Waals surface area contributed by atoms with Gasteiger partial charge >= 0.3 is 0 Å². The summed E-state index contributed by atoms with van der Waals surface area (Å²) in [5.74, 6) is -0.476. The molecular weight excluding hydrogens is 272 g/mol. The van der Waals surface area contributed by atoms with E-state index in [0.29, 0.717) is 11.3 Å². The molecule has 0 aliphatic heterocycles. The Morgan fingerprint density at radius 1 is 1.20 bits per heavy atom. The topological polar surface area (TPSA) is 75.3 Å². The molecule has 1 amide bonds. The van der Waals surface area contributed by atoms with E-state index in [2.05, 4.69) is 5.32 Å². The Morgan fingerprint density at radius 3 is 2.60 bits per heavy atom. The summed E-state index contributed by atoms with van der Waals surface area (Å²) < 4.78 is 0. The fourth-order valence-electron chi connectivity index (χ4n) is 1.83. The van der Waals surface area contributed by atoms with Crippen molar-refractivity contribution in [3.63, 3.8) is 0 Å². The summed E-state index contributed by atoms with van der Waals surface area (Å²) in [7, 11) is 0. The van der Waals surface area contributed by atoms with Crippen molar-refractivity contribution < 1.29 is 9.90 Å². The van der Waals surface area contributed by atoms with Gasteiger partial charge in [-0.3, -0.25) is 4.79 Å². The molecule has 0 heterocycles. The third kappa shape index (κ3) is 2.95. The van der Waals surface area contributed by atoms with Gasteiger partial charge < -0.3 is 16.2 Å². The van der Waals surface area contributed by atoms with Gasteiger partial charge in [-0.1, -0.05) is 36.0 Å². The Bertz CT molecular complexity index is 683. The second-order valence-electron chi connectivity index (χ2n) is 4.38. The van der Waals surface area contributed by atoms with Crippen molar-refractivity contribution in [2.75, 3.05) is 5.32 Å². The number of hydrogen-bond donors (Lipinski definition) is 3. The quantitative estimate of drug-likeness (QED) is 0.758. The minimum absolute atomic E-state index is 0.0686. The van der Waals surface area contributed by atoms with Gasteiger partial charge in [0.15, 0.2) is 0 Å². The number of rotatable bonds is 3. The molecule has 20 heavy (non-hydrogen) atoms. The number of anilines is 1. The Morgan fingerprint density at radius 2 is 1.90 bits per heavy atom. The molecule has 2 rings (SSSR count). The number of benzene rings is 2. The van der Waals surface area contributed by atoms with Crippen LogP contribution >= 0.6 is 12.2 Å². The average Bonchev–Trinajstić information content (AvgIpc) is 2.41. The third-order valence-electron chi connectivity index (χ3n) is 2.84. The molecule has 2 aromatic rings. The first-order valence-electron chi connectivity index (χ1n) is 5.99. The Balaban J connectivity index is 2.33. The van der Waals surface area contributed by atoms with Crippen LogP contribution in [0.25, 0.3) is 0 Å². The lowest BCUT2D eigenvalue weighted by Crippen LogP contribution is -2.17. The largest absolute Gasteiger partial charge is 0.507 e. The molecule has 0 unspecified atom stereocenters. The van der Waals surface area contributed by atoms with Crippen LogP contribution in [-0.4, -0.2) is 16.0 Å². The molecule has 5 heteroatoms. The van der Waals surface area contributed by atoms with Crippen molar-refractivity contribution in [2.45, 2.75) is 6.92 Å². The standard InChI is InChI=1S/C15H14N2O2S/c1-9-6-7-13(18)11(8-9)15(19)17-12-5-3-2-4-10(12)14(16)20/h2-8,18H,1H3,(H2,16,20)(H,17,19). The van der Waals surface area contributed by atoms with Crippen LogP contribution in [0.4, 0.5) is 5.69 Å². The summed E-state index contributed by atoms with van der Waals surface area (Å²) in [6.45, 7) is 1.85. The summed E-state index contributed by atoms with van der Waals surface area (Å²) in [5.41, 5.74) is 7.81. The highest BCUT2D eigenvalue weighted by Crippen LogP contribution is 2.21. The van der Waals surface area contributed by atoms with Gasteiger partial charge in [-0.25, -0.2) is 0 Å². The molecule has 0 saturated heterocycles. The molecule has 0 aromatic heterocycles. The van der Waals surface area contributed by atoms with Crippen LogP contribution in [-0.2, 0) is 0 Å². The van der Waals surface area contributed by atoms with Gasteiger partial charge in [0.2, 0.25) is 0 Å². The molecule has 0 saturated carbocycles. The highest BCUT2D eigenvalue weighted by Gasteiger charge is 2.13. The van der Waals surface area contributed by atoms with Crippen LogP contribution in [0.15, 0.2) is 42.5 Å². The van der Waals surface area contributed by atoms with Crippen molar-refractivity contribution in [3.05, 3.63) is 59.2 Å². The molecular formula is C15H14N2O2S. The van der Waals surface area contributed by atoms with Gasteiger partial charge in [0.1, 0.15) is 10.7 Å². The maximum Gasteiger partial charge on any atom is 0.259 e. The first kappa shape index (κ1) is 14.0. The number of thiocarbonyl (C=S) groups is 1. The minimum atomic E-state index is -0.408. The monoisotopic (exact) mass is 286 g/mol. The molecule has 0 aliphatic rings. The van der Waals surface area contributed by atoms with Crippen LogP contribution in [0.1, 0.15) is 21.5 Å². The first-order chi connectivity index (χ1) is 9.49. The van der Waals surface area contributed by atoms with Crippen molar-refractivity contribution >= 4 is 28.8 Å². The molecule has 0 bridgehead atoms. The van der Waals surface area contributed by atoms with Crippen LogP contribution in [0.2, 0.25) is 0 Å². The molecule has 2 aromatic carbocycles. The molecule has 102 valence electrons. The average molecular weight is 286 g/mol. The van der Waals surface area contributed by atoms with Gasteiger partial charge in [-0.2, -0.15) is 0 Å². The number of carbonyl (C=O) groups is 1. The maximum absolute atomic E-state index is 12.2. The number of hydrogen-bond acceptors (Lipinski definition) is 3. The zero-order chi connectivity index (χ0) is 14.7. The summed E-state index contributed by atoms with van der Waals surface area (Å²) in [4.78, 5) is 12.4. The van der Waals surface area contributed by atoms with Crippen LogP contribution in [0.5, 0.6) is 5.75 Å². The van der Waals surface area contributed by atoms with Crippen LogP contribution in [0, 0.1) is 6.92 Å². The number of aromatic hydroxyl groups is 1. The number of phenols is 1. The third-order valence-corrected chi connectivity index (χ3v) is 3.06. The van der Waals surface area contributed by atoms with Crippen molar-refractivity contribution in [3.8, 4) is 5.75 Å². The molecule has 4 N–H and O–H groups in total. The number of nitrogens with two attached hydrogens (primary N) is 1. The summed E-state index contributed by atoms with van der Waals surface area (Å²) in [6, 6.07) is 11.8. The van der Waals surface area contributed by atoms with Crippen molar-refractivity contribution in [1.82, 2.24) is 0 Å². The van der Waals surface area contributed by atoms with Gasteiger partial charge in [0, 0.05) is 5.56 Å². The lowest BCUT2D eigenvalue weighted by molar-refractivity contribution is 0.102. The lowest BCUT2D eigenvalue weighted by Gasteiger charge is -2.11. The van der Waals surface area contributed by atoms with E-state index in [1.807, 2.05) is 6.92 Å². The normalized spacial score (nSPS) is 10.1. The van der Waals surface area contributed by atoms with Crippen LogP contribution < -0.4 is 11.1 Å². The Kier molecular flexibility index (Phi) is 4.00. The van der Waals surface area contributed by atoms with E-state index in [1.165, 1.54) is 6.07 Å². The second kappa shape index (κ2) is 5.71. The highest BCUT2D eigenvalue weighted by atomic mass is 32.1. The van der Waals surface area contributed by atoms with Crippen molar-refractivity contribution in [1.29, 1.82) is 0 Å². The smallest absolute Gasteiger partial charge is 0.259 e. The predicted molar refractivity (Wildman–Crippen MR) is 83.1 cm³/mol.